The highest BCUT2D eigenvalue weighted by molar-refractivity contribution is 5.98. The number of aliphatic imine (C=N–C) groups is 1. The highest BCUT2D eigenvalue weighted by atomic mass is 16.4. The van der Waals surface area contributed by atoms with Crippen LogP contribution in [0.2, 0.25) is 0 Å². The number of carbonyl (C=O) groups is 14. The molecular weight excluding hydrogens is 1070 g/mol. The van der Waals surface area contributed by atoms with Gasteiger partial charge in [0.1, 0.15) is 48.3 Å². The number of carboxylic acid groups (broad SMARTS) is 2. The molecule has 8 atom stereocenters. The number of nitrogens with two attached hydrogens (primary N) is 5. The van der Waals surface area contributed by atoms with Crippen molar-refractivity contribution in [3.63, 3.8) is 0 Å². The van der Waals surface area contributed by atoms with E-state index in [-0.39, 0.29) is 70.8 Å². The Morgan fingerprint density at radius 3 is 1.58 bits per heavy atom. The largest absolute Gasteiger partial charge is 0.481 e. The Balaban J connectivity index is 2.11. The second-order valence-corrected chi connectivity index (χ2v) is 19.4. The molecule has 22 N–H and O–H groups in total. The van der Waals surface area contributed by atoms with Gasteiger partial charge < -0.3 is 102 Å². The molecule has 81 heavy (non-hydrogen) atoms. The van der Waals surface area contributed by atoms with Gasteiger partial charge in [-0.2, -0.15) is 0 Å². The summed E-state index contributed by atoms with van der Waals surface area (Å²) in [5, 5.41) is 49.8. The number of unbranched alkanes of at least 4 members (excludes halogenated alkanes) is 1. The van der Waals surface area contributed by atoms with Crippen LogP contribution < -0.4 is 76.5 Å². The van der Waals surface area contributed by atoms with Gasteiger partial charge in [0.15, 0.2) is 5.96 Å². The summed E-state index contributed by atoms with van der Waals surface area (Å²) < 4.78 is 0. The lowest BCUT2D eigenvalue weighted by atomic mass is 10.0. The second kappa shape index (κ2) is 35.4. The Morgan fingerprint density at radius 2 is 1.07 bits per heavy atom. The third-order valence-electron chi connectivity index (χ3n) is 12.8. The fourth-order valence-electron chi connectivity index (χ4n) is 8.49. The summed E-state index contributed by atoms with van der Waals surface area (Å²) >= 11 is 0. The van der Waals surface area contributed by atoms with Gasteiger partial charge in [-0.3, -0.25) is 67.3 Å². The van der Waals surface area contributed by atoms with Crippen molar-refractivity contribution in [1.29, 1.82) is 0 Å². The monoisotopic (exact) mass is 1150 g/mol. The molecule has 0 aromatic carbocycles. The molecule has 0 spiro atoms. The normalized spacial score (nSPS) is 16.9. The number of likely N-dealkylation sites (tertiary alicyclic amines) is 2. The first kappa shape index (κ1) is 68.8. The van der Waals surface area contributed by atoms with Crippen LogP contribution in [0.15, 0.2) is 4.99 Å². The number of nitrogens with one attached hydrogen (secondary N) is 9. The van der Waals surface area contributed by atoms with Crippen LogP contribution >= 0.6 is 0 Å². The van der Waals surface area contributed by atoms with E-state index in [1.165, 1.54) is 18.7 Å². The molecule has 454 valence electrons. The van der Waals surface area contributed by atoms with E-state index in [9.17, 15) is 82.4 Å². The predicted molar refractivity (Wildman–Crippen MR) is 282 cm³/mol. The Morgan fingerprint density at radius 1 is 0.568 bits per heavy atom. The number of aliphatic carboxylic acids is 2. The third-order valence-corrected chi connectivity index (χ3v) is 12.8. The van der Waals surface area contributed by atoms with E-state index in [0.29, 0.717) is 32.1 Å². The van der Waals surface area contributed by atoms with Crippen LogP contribution in [0.5, 0.6) is 0 Å². The van der Waals surface area contributed by atoms with Crippen molar-refractivity contribution in [2.24, 2.45) is 39.6 Å². The summed E-state index contributed by atoms with van der Waals surface area (Å²) in [5.41, 5.74) is 27.0. The van der Waals surface area contributed by atoms with E-state index in [2.05, 4.69) is 52.8 Å². The molecule has 2 aliphatic rings. The summed E-state index contributed by atoms with van der Waals surface area (Å²) in [6.45, 7) is 0.132. The lowest BCUT2D eigenvalue weighted by Crippen LogP contribution is -2.58. The van der Waals surface area contributed by atoms with Gasteiger partial charge in [0.05, 0.1) is 39.2 Å². The van der Waals surface area contributed by atoms with E-state index in [0.717, 1.165) is 4.90 Å². The lowest BCUT2D eigenvalue weighted by molar-refractivity contribution is -0.143. The fourth-order valence-corrected chi connectivity index (χ4v) is 8.49. The number of hydrogen-bond donors (Lipinski definition) is 17. The van der Waals surface area contributed by atoms with Crippen molar-refractivity contribution in [3.05, 3.63) is 0 Å². The standard InChI is InChI=1S/C47H79N17O17/c1-24(2)38(45(79)59-25(9-5-15-53-47(51)52)39(73)54-20-33(67)57-28(18-37(71)72)42(76)60-27(46(80)81)8-3-4-14-48)62-34(68)21-55-40(74)26(12-13-32(50)66)58-43(77)31-11-7-17-64(31)36(70)22-56-41(75)29(23-65)61-44(78)30-10-6-16-63(30)35(69)19-49/h24-31,38,65H,3-23,48-49H2,1-2H3,(H2,50,66)(H,54,73)(H,55,74)(H,56,75)(H,57,67)(H,58,77)(H,59,79)(H,60,76)(H,61,78)(H,62,68)(H,71,72)(H,80,81)(H4,51,52,53)/t25-,26-,27-,28-,29-,30-,31-,38-/m0/s1. The number of nitrogens with zero attached hydrogens (tertiary/aromatic N) is 3. The molecule has 0 unspecified atom stereocenters. The molecule has 34 heteroatoms. The van der Waals surface area contributed by atoms with Crippen LogP contribution in [0.1, 0.15) is 90.9 Å². The number of hydrogen-bond acceptors (Lipinski definition) is 18. The van der Waals surface area contributed by atoms with Crippen LogP contribution in [-0.2, 0) is 67.1 Å². The van der Waals surface area contributed by atoms with Gasteiger partial charge in [-0.15, -0.1) is 0 Å². The van der Waals surface area contributed by atoms with E-state index >= 15 is 0 Å². The van der Waals surface area contributed by atoms with E-state index in [4.69, 9.17) is 28.7 Å². The molecule has 0 aromatic rings. The molecule has 0 saturated carbocycles. The van der Waals surface area contributed by atoms with Gasteiger partial charge in [-0.25, -0.2) is 4.79 Å². The van der Waals surface area contributed by atoms with Gasteiger partial charge in [-0.1, -0.05) is 13.8 Å². The summed E-state index contributed by atoms with van der Waals surface area (Å²) in [6, 6.07) is -11.1. The smallest absolute Gasteiger partial charge is 0.326 e. The molecule has 0 bridgehead atoms. The highest BCUT2D eigenvalue weighted by Crippen LogP contribution is 2.19. The molecule has 2 fully saturated rings. The van der Waals surface area contributed by atoms with Gasteiger partial charge in [0.2, 0.25) is 70.9 Å². The van der Waals surface area contributed by atoms with Crippen molar-refractivity contribution < 1.29 is 82.4 Å². The fraction of sp³-hybridized carbons (Fsp3) is 0.681. The summed E-state index contributed by atoms with van der Waals surface area (Å²) in [4.78, 5) is 186. The first-order valence-corrected chi connectivity index (χ1v) is 26.3. The number of aliphatic hydroxyl groups is 1. The number of carbonyl (C=O) groups excluding carboxylic acids is 12. The number of primary amides is 1. The minimum absolute atomic E-state index is 0.0156. The van der Waals surface area contributed by atoms with Gasteiger partial charge in [0, 0.05) is 26.1 Å². The number of guanidine groups is 1. The Labute approximate surface area is 465 Å². The molecule has 0 aromatic heterocycles. The maximum Gasteiger partial charge on any atom is 0.326 e. The molecular formula is C47H79N17O17. The number of carboxylic acids is 2. The second-order valence-electron chi connectivity index (χ2n) is 19.4. The SMILES string of the molecule is CC(C)[C@H](NC(=O)CNC(=O)[C@H](CCC(N)=O)NC(=O)[C@@H]1CCCN1C(=O)CNC(=O)[C@H](CO)NC(=O)[C@@H]1CCCN1C(=O)CN)C(=O)N[C@@H](CCCN=C(N)N)C(=O)NCC(=O)N[C@@H](CC(=O)O)C(=O)N[C@@H](CCCCN)C(=O)O. The Hall–Kier alpha value is -8.27. The van der Waals surface area contributed by atoms with Crippen molar-refractivity contribution in [2.75, 3.05) is 59.0 Å². The first-order valence-electron chi connectivity index (χ1n) is 26.3. The van der Waals surface area contributed by atoms with Crippen molar-refractivity contribution in [3.8, 4) is 0 Å². The summed E-state index contributed by atoms with van der Waals surface area (Å²) in [6.07, 6.45) is 0.184. The Bertz CT molecular complexity index is 2300. The number of amides is 12. The highest BCUT2D eigenvalue weighted by Gasteiger charge is 2.39. The van der Waals surface area contributed by atoms with Gasteiger partial charge >= 0.3 is 11.9 Å². The zero-order valence-electron chi connectivity index (χ0n) is 45.3. The molecule has 12 amide bonds. The van der Waals surface area contributed by atoms with Crippen molar-refractivity contribution >= 4 is 88.8 Å². The average molecular weight is 1150 g/mol. The average Bonchev–Trinajstić information content (AvgIpc) is 4.12. The summed E-state index contributed by atoms with van der Waals surface area (Å²) in [5.74, 6) is -14.4. The van der Waals surface area contributed by atoms with E-state index in [1.807, 2.05) is 0 Å². The van der Waals surface area contributed by atoms with Crippen molar-refractivity contribution in [1.82, 2.24) is 57.7 Å². The molecule has 2 saturated heterocycles. The molecule has 2 aliphatic heterocycles. The van der Waals surface area contributed by atoms with Crippen LogP contribution in [0, 0.1) is 5.92 Å². The number of aliphatic hydroxyl groups excluding tert-OH is 1. The zero-order chi connectivity index (χ0) is 60.9. The van der Waals surface area contributed by atoms with Crippen LogP contribution in [0.3, 0.4) is 0 Å². The van der Waals surface area contributed by atoms with Gasteiger partial charge in [0.25, 0.3) is 0 Å². The lowest BCUT2D eigenvalue weighted by Gasteiger charge is -2.27. The van der Waals surface area contributed by atoms with Crippen molar-refractivity contribution in [2.45, 2.75) is 139 Å². The minimum atomic E-state index is -1.77. The Kier molecular flexibility index (Phi) is 30.1. The van der Waals surface area contributed by atoms with E-state index < -0.39 is 176 Å². The molecule has 34 nitrogen and oxygen atoms in total. The third kappa shape index (κ3) is 24.3. The maximum atomic E-state index is 13.7. The van der Waals surface area contributed by atoms with Crippen LogP contribution in [0.25, 0.3) is 0 Å². The molecule has 0 aliphatic carbocycles. The van der Waals surface area contributed by atoms with E-state index in [1.54, 1.807) is 0 Å². The molecule has 0 radical (unpaired) electrons. The zero-order valence-corrected chi connectivity index (χ0v) is 45.3. The minimum Gasteiger partial charge on any atom is -0.481 e. The van der Waals surface area contributed by atoms with Crippen LogP contribution in [-0.4, -0.2) is 221 Å². The summed E-state index contributed by atoms with van der Waals surface area (Å²) in [7, 11) is 0. The number of rotatable bonds is 36. The van der Waals surface area contributed by atoms with Crippen LogP contribution in [0.4, 0.5) is 0 Å². The quantitative estimate of drug-likeness (QED) is 0.0157. The van der Waals surface area contributed by atoms with Gasteiger partial charge in [-0.05, 0) is 76.7 Å². The molecule has 2 heterocycles. The maximum absolute atomic E-state index is 13.7. The first-order chi connectivity index (χ1) is 38.2. The molecule has 2 rings (SSSR count). The predicted octanol–water partition coefficient (Wildman–Crippen LogP) is -9.16. The topological polar surface area (TPSA) is 557 Å².